The third kappa shape index (κ3) is 6.00. The normalized spacial score (nSPS) is 10.6. The number of aromatic nitrogens is 1. The van der Waals surface area contributed by atoms with Gasteiger partial charge in [0.2, 0.25) is 0 Å². The molecule has 3 aromatic rings. The van der Waals surface area contributed by atoms with E-state index in [0.29, 0.717) is 23.9 Å². The van der Waals surface area contributed by atoms with Crippen LogP contribution in [0.3, 0.4) is 0 Å². The zero-order valence-electron chi connectivity index (χ0n) is 16.6. The molecule has 0 aliphatic carbocycles. The molecule has 0 unspecified atom stereocenters. The van der Waals surface area contributed by atoms with Crippen molar-refractivity contribution in [3.05, 3.63) is 101 Å². The predicted molar refractivity (Wildman–Crippen MR) is 117 cm³/mol. The molecule has 0 bridgehead atoms. The number of ether oxygens (including phenoxy) is 1. The van der Waals surface area contributed by atoms with Crippen molar-refractivity contribution in [2.75, 3.05) is 13.2 Å². The van der Waals surface area contributed by atoms with E-state index in [0.717, 1.165) is 12.2 Å². The first-order valence-electron chi connectivity index (χ1n) is 9.52. The van der Waals surface area contributed by atoms with Crippen molar-refractivity contribution in [2.45, 2.75) is 20.0 Å². The second-order valence-corrected chi connectivity index (χ2v) is 7.36. The van der Waals surface area contributed by atoms with Gasteiger partial charge in [0.1, 0.15) is 5.75 Å². The van der Waals surface area contributed by atoms with Gasteiger partial charge in [0.25, 0.3) is 5.91 Å². The lowest BCUT2D eigenvalue weighted by molar-refractivity contribution is -0.133. The quantitative estimate of drug-likeness (QED) is 0.462. The van der Waals surface area contributed by atoms with Gasteiger partial charge >= 0.3 is 0 Å². The van der Waals surface area contributed by atoms with Crippen LogP contribution >= 0.6 is 11.6 Å². The fourth-order valence-electron chi connectivity index (χ4n) is 3.13. The average Bonchev–Trinajstić information content (AvgIpc) is 3.13. The molecule has 4 nitrogen and oxygen atoms in total. The number of amides is 1. The van der Waals surface area contributed by atoms with E-state index in [1.807, 2.05) is 18.3 Å². The Labute approximate surface area is 177 Å². The Morgan fingerprint density at radius 3 is 2.69 bits per heavy atom. The van der Waals surface area contributed by atoms with Crippen LogP contribution in [0.2, 0.25) is 5.02 Å². The highest BCUT2D eigenvalue weighted by Gasteiger charge is 2.15. The Balaban J connectivity index is 1.65. The Morgan fingerprint density at radius 2 is 1.97 bits per heavy atom. The summed E-state index contributed by atoms with van der Waals surface area (Å²) < 4.78 is 7.78. The van der Waals surface area contributed by atoms with Crippen LogP contribution in [0.4, 0.5) is 0 Å². The first-order chi connectivity index (χ1) is 14.0. The number of carbonyl (C=O) groups is 1. The van der Waals surface area contributed by atoms with E-state index < -0.39 is 0 Å². The van der Waals surface area contributed by atoms with Crippen LogP contribution in [0.15, 0.2) is 79.5 Å². The van der Waals surface area contributed by atoms with Crippen LogP contribution in [0, 0.1) is 6.92 Å². The van der Waals surface area contributed by atoms with Crippen LogP contribution in [-0.4, -0.2) is 28.5 Å². The summed E-state index contributed by atoms with van der Waals surface area (Å²) in [5, 5.41) is 0.631. The molecular weight excluding hydrogens is 384 g/mol. The summed E-state index contributed by atoms with van der Waals surface area (Å²) in [6, 6.07) is 19.5. The van der Waals surface area contributed by atoms with Crippen molar-refractivity contribution in [3.8, 4) is 5.75 Å². The van der Waals surface area contributed by atoms with Gasteiger partial charge in [-0.2, -0.15) is 0 Å². The number of hydrogen-bond donors (Lipinski definition) is 0. The van der Waals surface area contributed by atoms with Crippen LogP contribution in [0.25, 0.3) is 0 Å². The maximum Gasteiger partial charge on any atom is 0.261 e. The van der Waals surface area contributed by atoms with E-state index in [1.54, 1.807) is 35.2 Å². The molecule has 1 amide bonds. The molecule has 0 spiro atoms. The Morgan fingerprint density at radius 1 is 1.17 bits per heavy atom. The summed E-state index contributed by atoms with van der Waals surface area (Å²) in [5.41, 5.74) is 3.53. The van der Waals surface area contributed by atoms with Gasteiger partial charge in [-0.05, 0) is 48.9 Å². The molecule has 3 rings (SSSR count). The molecular formula is C24H25ClN2O2. The first-order valence-corrected chi connectivity index (χ1v) is 9.89. The molecule has 0 radical (unpaired) electrons. The molecule has 1 heterocycles. The van der Waals surface area contributed by atoms with Crippen molar-refractivity contribution in [1.82, 2.24) is 9.47 Å². The van der Waals surface area contributed by atoms with Crippen molar-refractivity contribution in [2.24, 2.45) is 0 Å². The summed E-state index contributed by atoms with van der Waals surface area (Å²) in [6.45, 7) is 7.55. The van der Waals surface area contributed by atoms with E-state index >= 15 is 0 Å². The first kappa shape index (κ1) is 20.7. The molecule has 29 heavy (non-hydrogen) atoms. The van der Waals surface area contributed by atoms with Gasteiger partial charge in [-0.25, -0.2) is 0 Å². The van der Waals surface area contributed by atoms with Crippen molar-refractivity contribution in [3.63, 3.8) is 0 Å². The lowest BCUT2D eigenvalue weighted by Gasteiger charge is -2.22. The molecule has 150 valence electrons. The van der Waals surface area contributed by atoms with Gasteiger partial charge in [0.05, 0.1) is 6.54 Å². The van der Waals surface area contributed by atoms with Gasteiger partial charge in [0, 0.05) is 30.0 Å². The SMILES string of the molecule is C=CCN(Cc1cccn1Cc1cccc(C)c1)C(=O)COc1ccc(Cl)cc1. The topological polar surface area (TPSA) is 34.5 Å². The summed E-state index contributed by atoms with van der Waals surface area (Å²) in [7, 11) is 0. The number of benzene rings is 2. The van der Waals surface area contributed by atoms with E-state index in [2.05, 4.69) is 42.3 Å². The molecule has 0 aliphatic heterocycles. The summed E-state index contributed by atoms with van der Waals surface area (Å²) in [5.74, 6) is 0.521. The highest BCUT2D eigenvalue weighted by atomic mass is 35.5. The number of carbonyl (C=O) groups excluding carboxylic acids is 1. The number of halogens is 1. The number of nitrogens with zero attached hydrogens (tertiary/aromatic N) is 2. The van der Waals surface area contributed by atoms with Crippen LogP contribution < -0.4 is 4.74 Å². The van der Waals surface area contributed by atoms with Gasteiger partial charge in [-0.1, -0.05) is 47.5 Å². The Kier molecular flexibility index (Phi) is 7.14. The summed E-state index contributed by atoms with van der Waals surface area (Å²) in [6.07, 6.45) is 3.77. The van der Waals surface area contributed by atoms with Gasteiger partial charge in [-0.3, -0.25) is 4.79 Å². The fraction of sp³-hybridized carbons (Fsp3) is 0.208. The summed E-state index contributed by atoms with van der Waals surface area (Å²) in [4.78, 5) is 14.5. The van der Waals surface area contributed by atoms with Crippen molar-refractivity contribution in [1.29, 1.82) is 0 Å². The van der Waals surface area contributed by atoms with Gasteiger partial charge in [0.15, 0.2) is 6.61 Å². The summed E-state index contributed by atoms with van der Waals surface area (Å²) >= 11 is 5.88. The molecule has 0 saturated carbocycles. The maximum atomic E-state index is 12.7. The molecule has 0 N–H and O–H groups in total. The van der Waals surface area contributed by atoms with Crippen LogP contribution in [0.1, 0.15) is 16.8 Å². The third-order valence-electron chi connectivity index (χ3n) is 4.59. The van der Waals surface area contributed by atoms with Crippen LogP contribution in [-0.2, 0) is 17.9 Å². The average molecular weight is 409 g/mol. The molecule has 0 atom stereocenters. The van der Waals surface area contributed by atoms with E-state index in [4.69, 9.17) is 16.3 Å². The lowest BCUT2D eigenvalue weighted by Crippen LogP contribution is -2.35. The number of aryl methyl sites for hydroxylation is 1. The monoisotopic (exact) mass is 408 g/mol. The Hall–Kier alpha value is -2.98. The molecule has 0 aliphatic rings. The minimum absolute atomic E-state index is 0.0337. The second-order valence-electron chi connectivity index (χ2n) is 6.92. The van der Waals surface area contributed by atoms with E-state index in [1.165, 1.54) is 11.1 Å². The molecule has 0 fully saturated rings. The molecule has 0 saturated heterocycles. The van der Waals surface area contributed by atoms with Crippen molar-refractivity contribution >= 4 is 17.5 Å². The smallest absolute Gasteiger partial charge is 0.261 e. The minimum Gasteiger partial charge on any atom is -0.484 e. The van der Waals surface area contributed by atoms with Crippen molar-refractivity contribution < 1.29 is 9.53 Å². The highest BCUT2D eigenvalue weighted by molar-refractivity contribution is 6.30. The zero-order chi connectivity index (χ0) is 20.6. The zero-order valence-corrected chi connectivity index (χ0v) is 17.3. The third-order valence-corrected chi connectivity index (χ3v) is 4.84. The number of hydrogen-bond acceptors (Lipinski definition) is 2. The van der Waals surface area contributed by atoms with E-state index in [9.17, 15) is 4.79 Å². The predicted octanol–water partition coefficient (Wildman–Crippen LogP) is 5.09. The van der Waals surface area contributed by atoms with Crippen LogP contribution in [0.5, 0.6) is 5.75 Å². The van der Waals surface area contributed by atoms with Gasteiger partial charge < -0.3 is 14.2 Å². The minimum atomic E-state index is -0.0943. The fourth-order valence-corrected chi connectivity index (χ4v) is 3.25. The largest absolute Gasteiger partial charge is 0.484 e. The Bertz CT molecular complexity index is 963. The highest BCUT2D eigenvalue weighted by Crippen LogP contribution is 2.16. The standard InChI is InChI=1S/C24H25ClN2O2/c1-3-13-27(24(28)18-29-23-11-9-21(25)10-12-23)17-22-8-5-14-26(22)16-20-7-4-6-19(2)15-20/h3-12,14-15H,1,13,16-18H2,2H3. The molecule has 1 aromatic heterocycles. The van der Waals surface area contributed by atoms with E-state index in [-0.39, 0.29) is 12.5 Å². The molecule has 2 aromatic carbocycles. The molecule has 5 heteroatoms. The number of rotatable bonds is 9. The van der Waals surface area contributed by atoms with Gasteiger partial charge in [-0.15, -0.1) is 6.58 Å². The lowest BCUT2D eigenvalue weighted by atomic mass is 10.1. The maximum absolute atomic E-state index is 12.7. The second kappa shape index (κ2) is 9.99.